The summed E-state index contributed by atoms with van der Waals surface area (Å²) in [4.78, 5) is 17.1. The quantitative estimate of drug-likeness (QED) is 0.815. The summed E-state index contributed by atoms with van der Waals surface area (Å²) < 4.78 is 0. The van der Waals surface area contributed by atoms with E-state index in [-0.39, 0.29) is 18.2 Å². The number of hydrogen-bond acceptors (Lipinski definition) is 2. The minimum absolute atomic E-state index is 0.0496. The molecule has 1 heterocycles. The Labute approximate surface area is 157 Å². The smallest absolute Gasteiger partial charge is 0.324 e. The van der Waals surface area contributed by atoms with Crippen molar-refractivity contribution in [1.29, 1.82) is 0 Å². The van der Waals surface area contributed by atoms with E-state index in [1.807, 2.05) is 35.0 Å². The van der Waals surface area contributed by atoms with E-state index in [0.717, 1.165) is 36.9 Å². The molecular formula is C22H32N2O2. The molecule has 1 saturated heterocycles. The van der Waals surface area contributed by atoms with Gasteiger partial charge in [-0.1, -0.05) is 56.2 Å². The van der Waals surface area contributed by atoms with E-state index in [2.05, 4.69) is 18.7 Å². The third-order valence-corrected chi connectivity index (χ3v) is 6.39. The molecule has 0 bridgehead atoms. The second-order valence-electron chi connectivity index (χ2n) is 7.79. The molecule has 4 heteroatoms. The van der Waals surface area contributed by atoms with Gasteiger partial charge in [-0.05, 0) is 43.6 Å². The van der Waals surface area contributed by atoms with Gasteiger partial charge in [0.05, 0.1) is 5.54 Å². The van der Waals surface area contributed by atoms with Gasteiger partial charge in [0.25, 0.3) is 0 Å². The number of carbonyl (C=O) groups is 1. The summed E-state index contributed by atoms with van der Waals surface area (Å²) in [6.07, 6.45) is 8.43. The number of aliphatic hydroxyl groups is 1. The van der Waals surface area contributed by atoms with E-state index in [0.29, 0.717) is 18.9 Å². The predicted molar refractivity (Wildman–Crippen MR) is 105 cm³/mol. The molecule has 0 spiro atoms. The predicted octanol–water partition coefficient (Wildman–Crippen LogP) is 4.51. The molecule has 1 aliphatic heterocycles. The summed E-state index contributed by atoms with van der Waals surface area (Å²) in [5.74, 6) is 0.447. The van der Waals surface area contributed by atoms with Crippen LogP contribution in [0, 0.1) is 5.92 Å². The van der Waals surface area contributed by atoms with Crippen LogP contribution < -0.4 is 0 Å². The molecule has 3 rings (SSSR count). The number of urea groups is 1. The number of amides is 2. The summed E-state index contributed by atoms with van der Waals surface area (Å²) in [5.41, 5.74) is 1.82. The Morgan fingerprint density at radius 3 is 2.58 bits per heavy atom. The summed E-state index contributed by atoms with van der Waals surface area (Å²) in [6.45, 7) is 5.16. The van der Waals surface area contributed by atoms with Crippen LogP contribution in [0.2, 0.25) is 0 Å². The van der Waals surface area contributed by atoms with Gasteiger partial charge in [-0.3, -0.25) is 4.90 Å². The average molecular weight is 357 g/mol. The van der Waals surface area contributed by atoms with Gasteiger partial charge in [0.15, 0.2) is 0 Å². The molecular weight excluding hydrogens is 324 g/mol. The highest BCUT2D eigenvalue weighted by Gasteiger charge is 2.45. The van der Waals surface area contributed by atoms with Crippen molar-refractivity contribution in [2.24, 2.45) is 5.92 Å². The van der Waals surface area contributed by atoms with Crippen molar-refractivity contribution in [2.45, 2.75) is 56.9 Å². The maximum absolute atomic E-state index is 13.3. The van der Waals surface area contributed by atoms with Crippen LogP contribution in [0.15, 0.2) is 42.6 Å². The van der Waals surface area contributed by atoms with E-state index in [9.17, 15) is 9.90 Å². The maximum Gasteiger partial charge on any atom is 0.324 e. The highest BCUT2D eigenvalue weighted by Crippen LogP contribution is 2.42. The molecule has 1 saturated carbocycles. The summed E-state index contributed by atoms with van der Waals surface area (Å²) in [5, 5.41) is 9.39. The zero-order chi connectivity index (χ0) is 18.6. The fourth-order valence-corrected chi connectivity index (χ4v) is 4.74. The summed E-state index contributed by atoms with van der Waals surface area (Å²) in [6, 6.07) is 10.3. The lowest BCUT2D eigenvalue weighted by Crippen LogP contribution is -2.58. The minimum Gasteiger partial charge on any atom is -0.396 e. The lowest BCUT2D eigenvalue weighted by molar-refractivity contribution is 0.0496. The molecule has 0 aromatic heterocycles. The Bertz CT molecular complexity index is 624. The zero-order valence-electron chi connectivity index (χ0n) is 16.0. The van der Waals surface area contributed by atoms with Crippen molar-refractivity contribution in [1.82, 2.24) is 9.80 Å². The van der Waals surface area contributed by atoms with Gasteiger partial charge in [0.2, 0.25) is 0 Å². The van der Waals surface area contributed by atoms with Crippen molar-refractivity contribution in [3.63, 3.8) is 0 Å². The van der Waals surface area contributed by atoms with E-state index in [1.54, 1.807) is 0 Å². The first kappa shape index (κ1) is 19.0. The van der Waals surface area contributed by atoms with Crippen molar-refractivity contribution >= 4 is 6.03 Å². The van der Waals surface area contributed by atoms with E-state index in [1.165, 1.54) is 19.3 Å². The number of rotatable bonds is 6. The largest absolute Gasteiger partial charge is 0.396 e. The monoisotopic (exact) mass is 356 g/mol. The van der Waals surface area contributed by atoms with Gasteiger partial charge in [-0.15, -0.1) is 0 Å². The van der Waals surface area contributed by atoms with E-state index in [4.69, 9.17) is 0 Å². The molecule has 1 atom stereocenters. The molecule has 1 N–H and O–H groups in total. The standard InChI is InChI=1S/C22H32N2O2/c1-18(19-10-5-3-6-11-19)24-16-15-22(14-9-17-25,23(2)21(24)26)20-12-7-4-8-13-20/h4,7-8,12-13,19,25H,1,3,5-6,9-11,14-17H2,2H3/t22-/m1/s1. The Balaban J connectivity index is 1.83. The SMILES string of the molecule is C=C(C1CCCCC1)N1CC[C@](CCCO)(c2ccccc2)N(C)C1=O. The number of hydrogen-bond donors (Lipinski definition) is 1. The van der Waals surface area contributed by atoms with Crippen molar-refractivity contribution in [3.8, 4) is 0 Å². The summed E-state index contributed by atoms with van der Waals surface area (Å²) in [7, 11) is 1.91. The molecule has 1 aliphatic carbocycles. The Kier molecular flexibility index (Phi) is 6.02. The van der Waals surface area contributed by atoms with Gasteiger partial charge in [0, 0.05) is 25.9 Å². The molecule has 142 valence electrons. The van der Waals surface area contributed by atoms with Gasteiger partial charge in [-0.25, -0.2) is 4.79 Å². The number of benzene rings is 1. The van der Waals surface area contributed by atoms with Crippen LogP contribution in [0.25, 0.3) is 0 Å². The fourth-order valence-electron chi connectivity index (χ4n) is 4.74. The number of carbonyl (C=O) groups excluding carboxylic acids is 1. The molecule has 26 heavy (non-hydrogen) atoms. The zero-order valence-corrected chi connectivity index (χ0v) is 16.0. The first-order valence-electron chi connectivity index (χ1n) is 10.0. The van der Waals surface area contributed by atoms with Gasteiger partial charge < -0.3 is 10.0 Å². The van der Waals surface area contributed by atoms with Crippen LogP contribution in [0.5, 0.6) is 0 Å². The van der Waals surface area contributed by atoms with Crippen LogP contribution in [0.1, 0.15) is 56.9 Å². The molecule has 2 fully saturated rings. The van der Waals surface area contributed by atoms with E-state index >= 15 is 0 Å². The normalized spacial score (nSPS) is 24.8. The lowest BCUT2D eigenvalue weighted by atomic mass is 9.79. The Morgan fingerprint density at radius 2 is 1.92 bits per heavy atom. The fraction of sp³-hybridized carbons (Fsp3) is 0.591. The first-order chi connectivity index (χ1) is 12.6. The number of nitrogens with zero attached hydrogens (tertiary/aromatic N) is 2. The van der Waals surface area contributed by atoms with Crippen LogP contribution in [-0.2, 0) is 5.54 Å². The van der Waals surface area contributed by atoms with Crippen molar-refractivity contribution < 1.29 is 9.90 Å². The number of allylic oxidation sites excluding steroid dienone is 1. The molecule has 0 radical (unpaired) electrons. The molecule has 1 aromatic carbocycles. The lowest BCUT2D eigenvalue weighted by Gasteiger charge is -2.50. The van der Waals surface area contributed by atoms with Crippen molar-refractivity contribution in [2.75, 3.05) is 20.2 Å². The Morgan fingerprint density at radius 1 is 1.23 bits per heavy atom. The average Bonchev–Trinajstić information content (AvgIpc) is 2.70. The van der Waals surface area contributed by atoms with Crippen molar-refractivity contribution in [3.05, 3.63) is 48.2 Å². The van der Waals surface area contributed by atoms with Crippen LogP contribution in [-0.4, -0.2) is 41.1 Å². The minimum atomic E-state index is -0.343. The third kappa shape index (κ3) is 3.52. The van der Waals surface area contributed by atoms with Gasteiger partial charge in [-0.2, -0.15) is 0 Å². The first-order valence-corrected chi connectivity index (χ1v) is 10.0. The molecule has 1 aromatic rings. The third-order valence-electron chi connectivity index (χ3n) is 6.39. The van der Waals surface area contributed by atoms with Crippen LogP contribution in [0.4, 0.5) is 4.79 Å². The molecule has 2 amide bonds. The maximum atomic E-state index is 13.3. The Hall–Kier alpha value is -1.81. The summed E-state index contributed by atoms with van der Waals surface area (Å²) >= 11 is 0. The highest BCUT2D eigenvalue weighted by atomic mass is 16.3. The van der Waals surface area contributed by atoms with E-state index < -0.39 is 0 Å². The topological polar surface area (TPSA) is 43.8 Å². The number of aliphatic hydroxyl groups excluding tert-OH is 1. The van der Waals surface area contributed by atoms with Gasteiger partial charge >= 0.3 is 6.03 Å². The molecule has 0 unspecified atom stereocenters. The second kappa shape index (κ2) is 8.26. The van der Waals surface area contributed by atoms with Gasteiger partial charge in [0.1, 0.15) is 0 Å². The van der Waals surface area contributed by atoms with Crippen LogP contribution in [0.3, 0.4) is 0 Å². The van der Waals surface area contributed by atoms with Crippen LogP contribution >= 0.6 is 0 Å². The second-order valence-corrected chi connectivity index (χ2v) is 7.79. The molecule has 4 nitrogen and oxygen atoms in total. The molecule has 2 aliphatic rings. The highest BCUT2D eigenvalue weighted by molar-refractivity contribution is 5.78.